The van der Waals surface area contributed by atoms with Crippen molar-refractivity contribution in [3.8, 4) is 5.75 Å². The number of aliphatic hydroxyl groups is 1. The van der Waals surface area contributed by atoms with E-state index in [4.69, 9.17) is 9.84 Å². The Morgan fingerprint density at radius 2 is 2.33 bits per heavy atom. The second-order valence-corrected chi connectivity index (χ2v) is 3.77. The average molecular weight is 274 g/mol. The lowest BCUT2D eigenvalue weighted by Gasteiger charge is -2.05. The van der Waals surface area contributed by atoms with Gasteiger partial charge in [0, 0.05) is 17.6 Å². The summed E-state index contributed by atoms with van der Waals surface area (Å²) in [4.78, 5) is 11.2. The van der Waals surface area contributed by atoms with E-state index < -0.39 is 6.09 Å². The molecule has 0 fully saturated rings. The number of ether oxygens (including phenoxy) is 1. The number of nitrogens with one attached hydrogen (secondary N) is 1. The molecule has 15 heavy (non-hydrogen) atoms. The van der Waals surface area contributed by atoms with Crippen LogP contribution in [0, 0.1) is 0 Å². The number of hydrogen-bond acceptors (Lipinski definition) is 3. The zero-order valence-corrected chi connectivity index (χ0v) is 9.66. The maximum Gasteiger partial charge on any atom is 0.412 e. The fourth-order valence-electron chi connectivity index (χ4n) is 0.943. The molecule has 0 aromatic heterocycles. The maximum absolute atomic E-state index is 11.2. The van der Waals surface area contributed by atoms with Crippen LogP contribution in [0.1, 0.15) is 6.42 Å². The van der Waals surface area contributed by atoms with E-state index in [2.05, 4.69) is 21.2 Å². The fourth-order valence-corrected chi connectivity index (χ4v) is 1.32. The van der Waals surface area contributed by atoms with E-state index in [0.29, 0.717) is 18.7 Å². The van der Waals surface area contributed by atoms with Crippen LogP contribution in [-0.4, -0.2) is 24.4 Å². The number of carbonyl (C=O) groups is 1. The van der Waals surface area contributed by atoms with Crippen LogP contribution in [0.5, 0.6) is 5.75 Å². The topological polar surface area (TPSA) is 58.6 Å². The Balaban J connectivity index is 2.37. The zero-order valence-electron chi connectivity index (χ0n) is 8.07. The summed E-state index contributed by atoms with van der Waals surface area (Å²) in [6, 6.07) is 7.01. The third-order valence-electron chi connectivity index (χ3n) is 1.61. The van der Waals surface area contributed by atoms with Crippen molar-refractivity contribution in [3.63, 3.8) is 0 Å². The molecule has 0 bridgehead atoms. The summed E-state index contributed by atoms with van der Waals surface area (Å²) in [6.45, 7) is 0.459. The number of halogens is 1. The van der Waals surface area contributed by atoms with Crippen LogP contribution < -0.4 is 10.1 Å². The Morgan fingerprint density at radius 1 is 1.53 bits per heavy atom. The van der Waals surface area contributed by atoms with Crippen LogP contribution in [0.4, 0.5) is 4.79 Å². The second kappa shape index (κ2) is 6.42. The van der Waals surface area contributed by atoms with Gasteiger partial charge in [0.25, 0.3) is 0 Å². The number of aliphatic hydroxyl groups excluding tert-OH is 1. The molecule has 1 aromatic carbocycles. The normalized spacial score (nSPS) is 9.73. The molecule has 82 valence electrons. The molecule has 0 unspecified atom stereocenters. The minimum absolute atomic E-state index is 0.0527. The first-order valence-corrected chi connectivity index (χ1v) is 5.34. The first-order chi connectivity index (χ1) is 7.22. The van der Waals surface area contributed by atoms with Crippen molar-refractivity contribution in [1.29, 1.82) is 0 Å². The van der Waals surface area contributed by atoms with Crippen molar-refractivity contribution in [2.75, 3.05) is 13.2 Å². The van der Waals surface area contributed by atoms with E-state index in [0.717, 1.165) is 4.47 Å². The van der Waals surface area contributed by atoms with E-state index in [1.807, 2.05) is 6.07 Å². The smallest absolute Gasteiger partial charge is 0.410 e. The van der Waals surface area contributed by atoms with Gasteiger partial charge in [0.05, 0.1) is 0 Å². The fraction of sp³-hybridized carbons (Fsp3) is 0.300. The van der Waals surface area contributed by atoms with E-state index in [-0.39, 0.29) is 6.61 Å². The third-order valence-corrected chi connectivity index (χ3v) is 2.10. The summed E-state index contributed by atoms with van der Waals surface area (Å²) in [6.07, 6.45) is 0.00896. The number of hydrogen-bond donors (Lipinski definition) is 2. The molecule has 0 saturated carbocycles. The van der Waals surface area contributed by atoms with E-state index in [1.54, 1.807) is 18.2 Å². The molecule has 0 aliphatic carbocycles. The SMILES string of the molecule is O=C(NCCCO)Oc1cccc(Br)c1. The molecule has 0 aliphatic rings. The predicted molar refractivity (Wildman–Crippen MR) is 59.9 cm³/mol. The molecule has 0 atom stereocenters. The summed E-state index contributed by atoms with van der Waals surface area (Å²) >= 11 is 3.27. The van der Waals surface area contributed by atoms with Gasteiger partial charge in [-0.25, -0.2) is 4.79 Å². The molecular formula is C10H12BrNO3. The van der Waals surface area contributed by atoms with Gasteiger partial charge in [-0.15, -0.1) is 0 Å². The molecule has 5 heteroatoms. The highest BCUT2D eigenvalue weighted by Crippen LogP contribution is 2.17. The predicted octanol–water partition coefficient (Wildman–Crippen LogP) is 1.92. The van der Waals surface area contributed by atoms with Gasteiger partial charge in [0.15, 0.2) is 0 Å². The Labute approximate surface area is 96.4 Å². The Bertz CT molecular complexity index is 330. The lowest BCUT2D eigenvalue weighted by Crippen LogP contribution is -2.28. The van der Waals surface area contributed by atoms with Crippen molar-refractivity contribution >= 4 is 22.0 Å². The van der Waals surface area contributed by atoms with E-state index in [9.17, 15) is 4.79 Å². The Kier molecular flexibility index (Phi) is 5.14. The largest absolute Gasteiger partial charge is 0.412 e. The summed E-state index contributed by atoms with van der Waals surface area (Å²) in [5, 5.41) is 11.0. The van der Waals surface area contributed by atoms with Gasteiger partial charge in [-0.3, -0.25) is 0 Å². The molecule has 1 aromatic rings. The number of amides is 1. The Morgan fingerprint density at radius 3 is 3.00 bits per heavy atom. The van der Waals surface area contributed by atoms with Gasteiger partial charge in [0.2, 0.25) is 0 Å². The van der Waals surface area contributed by atoms with Crippen LogP contribution >= 0.6 is 15.9 Å². The molecule has 0 aliphatic heterocycles. The van der Waals surface area contributed by atoms with E-state index >= 15 is 0 Å². The van der Waals surface area contributed by atoms with Gasteiger partial charge in [-0.1, -0.05) is 22.0 Å². The van der Waals surface area contributed by atoms with Crippen LogP contribution in [0.3, 0.4) is 0 Å². The molecule has 4 nitrogen and oxygen atoms in total. The Hall–Kier alpha value is -1.07. The number of rotatable bonds is 4. The van der Waals surface area contributed by atoms with Crippen LogP contribution in [-0.2, 0) is 0 Å². The molecular weight excluding hydrogens is 262 g/mol. The van der Waals surface area contributed by atoms with Crippen LogP contribution in [0.15, 0.2) is 28.7 Å². The summed E-state index contributed by atoms with van der Waals surface area (Å²) in [5.41, 5.74) is 0. The molecule has 2 N–H and O–H groups in total. The highest BCUT2D eigenvalue weighted by atomic mass is 79.9. The maximum atomic E-state index is 11.2. The summed E-state index contributed by atoms with van der Waals surface area (Å²) in [5.74, 6) is 0.478. The minimum Gasteiger partial charge on any atom is -0.410 e. The van der Waals surface area contributed by atoms with Crippen molar-refractivity contribution < 1.29 is 14.6 Å². The lowest BCUT2D eigenvalue weighted by molar-refractivity contribution is 0.198. The van der Waals surface area contributed by atoms with Crippen LogP contribution in [0.2, 0.25) is 0 Å². The molecule has 0 spiro atoms. The quantitative estimate of drug-likeness (QED) is 0.825. The molecule has 1 rings (SSSR count). The van der Waals surface area contributed by atoms with Crippen molar-refractivity contribution in [2.45, 2.75) is 6.42 Å². The van der Waals surface area contributed by atoms with Crippen molar-refractivity contribution in [3.05, 3.63) is 28.7 Å². The van der Waals surface area contributed by atoms with E-state index in [1.165, 1.54) is 0 Å². The van der Waals surface area contributed by atoms with Gasteiger partial charge >= 0.3 is 6.09 Å². The average Bonchev–Trinajstić information content (AvgIpc) is 2.18. The van der Waals surface area contributed by atoms with Gasteiger partial charge in [-0.2, -0.15) is 0 Å². The zero-order chi connectivity index (χ0) is 11.1. The standard InChI is InChI=1S/C10H12BrNO3/c11-8-3-1-4-9(7-8)15-10(14)12-5-2-6-13/h1,3-4,7,13H,2,5-6H2,(H,12,14). The van der Waals surface area contributed by atoms with Gasteiger partial charge in [-0.05, 0) is 24.6 Å². The minimum atomic E-state index is -0.512. The highest BCUT2D eigenvalue weighted by molar-refractivity contribution is 9.10. The first-order valence-electron chi connectivity index (χ1n) is 4.54. The van der Waals surface area contributed by atoms with Crippen molar-refractivity contribution in [2.24, 2.45) is 0 Å². The van der Waals surface area contributed by atoms with Gasteiger partial charge in [0.1, 0.15) is 5.75 Å². The summed E-state index contributed by atoms with van der Waals surface area (Å²) < 4.78 is 5.83. The first kappa shape index (κ1) is 12.0. The lowest BCUT2D eigenvalue weighted by atomic mass is 10.3. The summed E-state index contributed by atoms with van der Waals surface area (Å²) in [7, 11) is 0. The monoisotopic (exact) mass is 273 g/mol. The molecule has 1 amide bonds. The molecule has 0 radical (unpaired) electrons. The number of benzene rings is 1. The highest BCUT2D eigenvalue weighted by Gasteiger charge is 2.02. The van der Waals surface area contributed by atoms with Crippen molar-refractivity contribution in [1.82, 2.24) is 5.32 Å². The molecule has 0 heterocycles. The molecule has 0 saturated heterocycles. The number of carbonyl (C=O) groups excluding carboxylic acids is 1. The van der Waals surface area contributed by atoms with Crippen LogP contribution in [0.25, 0.3) is 0 Å². The second-order valence-electron chi connectivity index (χ2n) is 2.85. The third kappa shape index (κ3) is 4.80. The van der Waals surface area contributed by atoms with Gasteiger partial charge < -0.3 is 15.2 Å².